The Balaban J connectivity index is 1.73. The molecule has 1 aromatic heterocycles. The summed E-state index contributed by atoms with van der Waals surface area (Å²) in [5.41, 5.74) is 1.10. The van der Waals surface area contributed by atoms with Crippen molar-refractivity contribution in [3.05, 3.63) is 17.6 Å². The first-order chi connectivity index (χ1) is 11.7. The molecule has 2 aliphatic rings. The number of aryl methyl sites for hydroxylation is 1. The smallest absolute Gasteiger partial charge is 0.233 e. The first kappa shape index (κ1) is 17.1. The van der Waals surface area contributed by atoms with E-state index in [9.17, 15) is 4.79 Å². The largest absolute Gasteiger partial charge is 0.378 e. The fourth-order valence-corrected chi connectivity index (χ4v) is 3.46. The number of ether oxygens (including phenoxy) is 1. The maximum atomic E-state index is 11.6. The van der Waals surface area contributed by atoms with Crippen LogP contribution in [-0.2, 0) is 9.53 Å². The van der Waals surface area contributed by atoms with E-state index in [4.69, 9.17) is 4.74 Å². The van der Waals surface area contributed by atoms with E-state index in [-0.39, 0.29) is 5.91 Å². The van der Waals surface area contributed by atoms with Crippen molar-refractivity contribution in [2.75, 3.05) is 57.9 Å². The Hall–Kier alpha value is -1.73. The van der Waals surface area contributed by atoms with Crippen LogP contribution < -0.4 is 10.2 Å². The molecule has 1 aromatic rings. The number of aromatic nitrogens is 2. The lowest BCUT2D eigenvalue weighted by Gasteiger charge is -2.33. The predicted molar refractivity (Wildman–Crippen MR) is 92.3 cm³/mol. The van der Waals surface area contributed by atoms with Crippen LogP contribution in [0.1, 0.15) is 30.3 Å². The zero-order valence-corrected chi connectivity index (χ0v) is 14.6. The van der Waals surface area contributed by atoms with Gasteiger partial charge in [0.15, 0.2) is 0 Å². The number of nitrogens with one attached hydrogen (secondary N) is 1. The van der Waals surface area contributed by atoms with Crippen molar-refractivity contribution in [2.24, 2.45) is 0 Å². The van der Waals surface area contributed by atoms with Crippen LogP contribution in [-0.4, -0.2) is 73.8 Å². The molecule has 1 N–H and O–H groups in total. The number of carbonyl (C=O) groups excluding carboxylic acids is 1. The van der Waals surface area contributed by atoms with Gasteiger partial charge in [-0.25, -0.2) is 9.97 Å². The second kappa shape index (κ2) is 7.90. The molecule has 1 atom stereocenters. The standard InChI is InChI=1S/C17H27N5O2/c1-13-19-15(10-16(20-13)22-6-8-24-9-7-22)14-4-3-5-21(11-14)12-17(23)18-2/h10,14H,3-9,11-12H2,1-2H3,(H,18,23)/t14-/m0/s1. The number of piperidine rings is 1. The maximum absolute atomic E-state index is 11.6. The van der Waals surface area contributed by atoms with E-state index in [1.54, 1.807) is 7.05 Å². The molecule has 2 saturated heterocycles. The second-order valence-corrected chi connectivity index (χ2v) is 6.55. The lowest BCUT2D eigenvalue weighted by molar-refractivity contribution is -0.122. The number of hydrogen-bond donors (Lipinski definition) is 1. The summed E-state index contributed by atoms with van der Waals surface area (Å²) in [4.78, 5) is 25.4. The Morgan fingerprint density at radius 1 is 1.33 bits per heavy atom. The average molecular weight is 333 g/mol. The average Bonchev–Trinajstić information content (AvgIpc) is 2.62. The lowest BCUT2D eigenvalue weighted by Crippen LogP contribution is -2.41. The number of rotatable bonds is 4. The Kier molecular flexibility index (Phi) is 5.63. The lowest BCUT2D eigenvalue weighted by atomic mass is 9.94. The molecule has 0 bridgehead atoms. The van der Waals surface area contributed by atoms with Crippen molar-refractivity contribution >= 4 is 11.7 Å². The van der Waals surface area contributed by atoms with E-state index in [2.05, 4.69) is 31.2 Å². The summed E-state index contributed by atoms with van der Waals surface area (Å²) in [5.74, 6) is 2.26. The van der Waals surface area contributed by atoms with Crippen molar-refractivity contribution < 1.29 is 9.53 Å². The molecule has 0 saturated carbocycles. The van der Waals surface area contributed by atoms with Gasteiger partial charge < -0.3 is 15.0 Å². The van der Waals surface area contributed by atoms with E-state index < -0.39 is 0 Å². The third-order valence-corrected chi connectivity index (χ3v) is 4.75. The van der Waals surface area contributed by atoms with Crippen LogP contribution in [0.4, 0.5) is 5.82 Å². The summed E-state index contributed by atoms with van der Waals surface area (Å²) in [6, 6.07) is 2.13. The summed E-state index contributed by atoms with van der Waals surface area (Å²) >= 11 is 0. The molecule has 3 rings (SSSR count). The molecule has 2 fully saturated rings. The van der Waals surface area contributed by atoms with Gasteiger partial charge in [-0.15, -0.1) is 0 Å². The van der Waals surface area contributed by atoms with Crippen molar-refractivity contribution in [1.82, 2.24) is 20.2 Å². The highest BCUT2D eigenvalue weighted by atomic mass is 16.5. The molecule has 2 aliphatic heterocycles. The molecule has 3 heterocycles. The molecule has 7 heteroatoms. The van der Waals surface area contributed by atoms with Gasteiger partial charge in [-0.3, -0.25) is 9.69 Å². The molecule has 132 valence electrons. The fourth-order valence-electron chi connectivity index (χ4n) is 3.46. The fraction of sp³-hybridized carbons (Fsp3) is 0.706. The van der Waals surface area contributed by atoms with Crippen molar-refractivity contribution in [3.63, 3.8) is 0 Å². The Morgan fingerprint density at radius 2 is 2.12 bits per heavy atom. The van der Waals surface area contributed by atoms with Gasteiger partial charge in [-0.1, -0.05) is 0 Å². The number of likely N-dealkylation sites (N-methyl/N-ethyl adjacent to an activating group) is 1. The minimum Gasteiger partial charge on any atom is -0.378 e. The van der Waals surface area contributed by atoms with Crippen LogP contribution in [0.5, 0.6) is 0 Å². The Labute approximate surface area is 143 Å². The van der Waals surface area contributed by atoms with E-state index in [0.717, 1.165) is 69.6 Å². The van der Waals surface area contributed by atoms with Gasteiger partial charge in [0, 0.05) is 38.7 Å². The van der Waals surface area contributed by atoms with E-state index >= 15 is 0 Å². The molecule has 0 aliphatic carbocycles. The third-order valence-electron chi connectivity index (χ3n) is 4.75. The van der Waals surface area contributed by atoms with Crippen LogP contribution in [0.3, 0.4) is 0 Å². The summed E-state index contributed by atoms with van der Waals surface area (Å²) in [7, 11) is 1.69. The number of hydrogen-bond acceptors (Lipinski definition) is 6. The van der Waals surface area contributed by atoms with Crippen LogP contribution in [0, 0.1) is 6.92 Å². The predicted octanol–water partition coefficient (Wildman–Crippen LogP) is 0.547. The van der Waals surface area contributed by atoms with Crippen LogP contribution >= 0.6 is 0 Å². The minimum atomic E-state index is 0.0727. The van der Waals surface area contributed by atoms with E-state index in [0.29, 0.717) is 12.5 Å². The summed E-state index contributed by atoms with van der Waals surface area (Å²) in [6.45, 7) is 7.54. The molecular weight excluding hydrogens is 306 g/mol. The van der Waals surface area contributed by atoms with Crippen LogP contribution in [0.2, 0.25) is 0 Å². The quantitative estimate of drug-likeness (QED) is 0.868. The SMILES string of the molecule is CNC(=O)CN1CCC[C@H](c2cc(N3CCOCC3)nc(C)n2)C1. The molecule has 0 aromatic carbocycles. The van der Waals surface area contributed by atoms with Crippen molar-refractivity contribution in [3.8, 4) is 0 Å². The first-order valence-electron chi connectivity index (χ1n) is 8.77. The number of likely N-dealkylation sites (tertiary alicyclic amines) is 1. The summed E-state index contributed by atoms with van der Waals surface area (Å²) < 4.78 is 5.43. The Morgan fingerprint density at radius 3 is 2.88 bits per heavy atom. The van der Waals surface area contributed by atoms with Gasteiger partial charge in [-0.2, -0.15) is 0 Å². The normalized spacial score (nSPS) is 22.4. The van der Waals surface area contributed by atoms with Gasteiger partial charge >= 0.3 is 0 Å². The highest BCUT2D eigenvalue weighted by Crippen LogP contribution is 2.27. The molecule has 0 unspecified atom stereocenters. The minimum absolute atomic E-state index is 0.0727. The number of nitrogens with zero attached hydrogens (tertiary/aromatic N) is 4. The number of morpholine rings is 1. The first-order valence-corrected chi connectivity index (χ1v) is 8.77. The molecule has 7 nitrogen and oxygen atoms in total. The third kappa shape index (κ3) is 4.21. The summed E-state index contributed by atoms with van der Waals surface area (Å²) in [6.07, 6.45) is 2.21. The zero-order valence-electron chi connectivity index (χ0n) is 14.6. The number of amides is 1. The van der Waals surface area contributed by atoms with Crippen LogP contribution in [0.15, 0.2) is 6.07 Å². The van der Waals surface area contributed by atoms with Gasteiger partial charge in [0.2, 0.25) is 5.91 Å². The van der Waals surface area contributed by atoms with Gasteiger partial charge in [0.1, 0.15) is 11.6 Å². The molecule has 1 amide bonds. The van der Waals surface area contributed by atoms with Crippen molar-refractivity contribution in [2.45, 2.75) is 25.7 Å². The van der Waals surface area contributed by atoms with Gasteiger partial charge in [-0.05, 0) is 26.3 Å². The number of anilines is 1. The second-order valence-electron chi connectivity index (χ2n) is 6.55. The van der Waals surface area contributed by atoms with Crippen LogP contribution in [0.25, 0.3) is 0 Å². The monoisotopic (exact) mass is 333 g/mol. The summed E-state index contributed by atoms with van der Waals surface area (Å²) in [5, 5.41) is 2.70. The topological polar surface area (TPSA) is 70.6 Å². The van der Waals surface area contributed by atoms with Gasteiger partial charge in [0.05, 0.1) is 25.5 Å². The maximum Gasteiger partial charge on any atom is 0.233 e. The molecule has 0 radical (unpaired) electrons. The highest BCUT2D eigenvalue weighted by molar-refractivity contribution is 5.77. The molecule has 24 heavy (non-hydrogen) atoms. The zero-order chi connectivity index (χ0) is 16.9. The molecular formula is C17H27N5O2. The number of carbonyl (C=O) groups is 1. The van der Waals surface area contributed by atoms with Gasteiger partial charge in [0.25, 0.3) is 0 Å². The van der Waals surface area contributed by atoms with E-state index in [1.807, 2.05) is 6.92 Å². The van der Waals surface area contributed by atoms with Crippen molar-refractivity contribution in [1.29, 1.82) is 0 Å². The highest BCUT2D eigenvalue weighted by Gasteiger charge is 2.25. The molecule has 0 spiro atoms. The van der Waals surface area contributed by atoms with E-state index in [1.165, 1.54) is 0 Å². The Bertz CT molecular complexity index is 574.